The Morgan fingerprint density at radius 3 is 2.25 bits per heavy atom. The Balaban J connectivity index is 1.80. The van der Waals surface area contributed by atoms with Crippen molar-refractivity contribution in [1.29, 1.82) is 0 Å². The van der Waals surface area contributed by atoms with E-state index in [4.69, 9.17) is 0 Å². The summed E-state index contributed by atoms with van der Waals surface area (Å²) in [5.74, 6) is 0.203. The Morgan fingerprint density at radius 1 is 1.21 bits per heavy atom. The maximum atomic E-state index is 12.7. The van der Waals surface area contributed by atoms with Gasteiger partial charge in [0.05, 0.1) is 0 Å². The maximum absolute atomic E-state index is 12.7. The summed E-state index contributed by atoms with van der Waals surface area (Å²) < 4.78 is 64.6. The van der Waals surface area contributed by atoms with Gasteiger partial charge in [-0.15, -0.1) is 0 Å². The number of nitrogens with zero attached hydrogens (tertiary/aromatic N) is 2. The number of halogens is 3. The standard InChI is InChI=1S/C15H17F3N2O3S/c1-10-6-13(15(16,17)18)19-9-12(10)24(22,23)20-4-2-14(3-5-20)7-11(21)8-14/h6,9H,2-5,7-8H2,1H3. The normalized spacial score (nSPS) is 21.8. The smallest absolute Gasteiger partial charge is 0.300 e. The average Bonchev–Trinajstić information content (AvgIpc) is 2.45. The SMILES string of the molecule is Cc1cc(C(F)(F)F)ncc1S(=O)(=O)N1CCC2(CC1)CC(=O)C2. The third-order valence-corrected chi connectivity index (χ3v) is 6.93. The summed E-state index contributed by atoms with van der Waals surface area (Å²) in [6.45, 7) is 1.88. The van der Waals surface area contributed by atoms with Crippen molar-refractivity contribution in [3.63, 3.8) is 0 Å². The lowest BCUT2D eigenvalue weighted by atomic mass is 9.63. The Labute approximate surface area is 137 Å². The summed E-state index contributed by atoms with van der Waals surface area (Å²) >= 11 is 0. The topological polar surface area (TPSA) is 67.3 Å². The lowest BCUT2D eigenvalue weighted by Gasteiger charge is -2.46. The maximum Gasteiger partial charge on any atom is 0.433 e. The van der Waals surface area contributed by atoms with E-state index >= 15 is 0 Å². The minimum Gasteiger partial charge on any atom is -0.300 e. The van der Waals surface area contributed by atoms with E-state index in [9.17, 15) is 26.4 Å². The minimum absolute atomic E-state index is 0.0245. The van der Waals surface area contributed by atoms with Crippen LogP contribution < -0.4 is 0 Å². The number of piperidine rings is 1. The van der Waals surface area contributed by atoms with E-state index in [-0.39, 0.29) is 34.7 Å². The van der Waals surface area contributed by atoms with Gasteiger partial charge >= 0.3 is 6.18 Å². The fourth-order valence-corrected chi connectivity index (χ4v) is 5.04. The number of sulfonamides is 1. The number of pyridine rings is 1. The van der Waals surface area contributed by atoms with E-state index in [0.717, 1.165) is 12.3 Å². The highest BCUT2D eigenvalue weighted by atomic mass is 32.2. The van der Waals surface area contributed by atoms with Crippen LogP contribution in [-0.4, -0.2) is 36.6 Å². The van der Waals surface area contributed by atoms with Crippen LogP contribution in [0.25, 0.3) is 0 Å². The van der Waals surface area contributed by atoms with Crippen molar-refractivity contribution in [2.75, 3.05) is 13.1 Å². The number of aryl methyl sites for hydroxylation is 1. The molecule has 1 aromatic heterocycles. The first-order valence-electron chi connectivity index (χ1n) is 7.59. The molecule has 0 radical (unpaired) electrons. The van der Waals surface area contributed by atoms with E-state index < -0.39 is 21.9 Å². The quantitative estimate of drug-likeness (QED) is 0.811. The van der Waals surface area contributed by atoms with Crippen LogP contribution in [0.4, 0.5) is 13.2 Å². The van der Waals surface area contributed by atoms with Gasteiger partial charge in [0.15, 0.2) is 0 Å². The first-order chi connectivity index (χ1) is 11.0. The number of carbonyl (C=O) groups excluding carboxylic acids is 1. The van der Waals surface area contributed by atoms with Crippen LogP contribution in [0.3, 0.4) is 0 Å². The van der Waals surface area contributed by atoms with Gasteiger partial charge in [-0.25, -0.2) is 8.42 Å². The van der Waals surface area contributed by atoms with Gasteiger partial charge in [-0.1, -0.05) is 0 Å². The van der Waals surface area contributed by atoms with Crippen molar-refractivity contribution < 1.29 is 26.4 Å². The average molecular weight is 362 g/mol. The fraction of sp³-hybridized carbons (Fsp3) is 0.600. The van der Waals surface area contributed by atoms with E-state index in [1.165, 1.54) is 11.2 Å². The number of alkyl halides is 3. The summed E-state index contributed by atoms with van der Waals surface area (Å²) in [4.78, 5) is 14.3. The molecule has 2 fully saturated rings. The van der Waals surface area contributed by atoms with Crippen molar-refractivity contribution in [2.24, 2.45) is 5.41 Å². The zero-order valence-corrected chi connectivity index (χ0v) is 13.9. The molecule has 2 heterocycles. The summed E-state index contributed by atoms with van der Waals surface area (Å²) in [6.07, 6.45) is -1.62. The molecular weight excluding hydrogens is 345 g/mol. The number of carbonyl (C=O) groups is 1. The second-order valence-corrected chi connectivity index (χ2v) is 8.54. The largest absolute Gasteiger partial charge is 0.433 e. The molecule has 0 unspecified atom stereocenters. The molecule has 3 rings (SSSR count). The fourth-order valence-electron chi connectivity index (χ4n) is 3.45. The first kappa shape index (κ1) is 17.3. The Bertz CT molecular complexity index is 772. The van der Waals surface area contributed by atoms with Gasteiger partial charge in [-0.2, -0.15) is 17.5 Å². The van der Waals surface area contributed by atoms with Gasteiger partial charge in [0.1, 0.15) is 16.4 Å². The molecule has 1 saturated carbocycles. The lowest BCUT2D eigenvalue weighted by Crippen LogP contribution is -2.49. The number of aromatic nitrogens is 1. The number of hydrogen-bond donors (Lipinski definition) is 0. The van der Waals surface area contributed by atoms with Crippen LogP contribution in [-0.2, 0) is 21.0 Å². The minimum atomic E-state index is -4.61. The molecule has 1 spiro atoms. The van der Waals surface area contributed by atoms with Crippen molar-refractivity contribution in [1.82, 2.24) is 9.29 Å². The third-order valence-electron chi connectivity index (χ3n) is 4.90. The van der Waals surface area contributed by atoms with E-state index in [0.29, 0.717) is 25.7 Å². The number of Topliss-reactive ketones (excluding diaryl/α,β-unsaturated/α-hetero) is 1. The zero-order valence-electron chi connectivity index (χ0n) is 13.1. The molecular formula is C15H17F3N2O3S. The third kappa shape index (κ3) is 2.95. The Morgan fingerprint density at radius 2 is 1.79 bits per heavy atom. The van der Waals surface area contributed by atoms with Gasteiger partial charge < -0.3 is 0 Å². The number of hydrogen-bond acceptors (Lipinski definition) is 4. The molecule has 24 heavy (non-hydrogen) atoms. The van der Waals surface area contributed by atoms with Crippen molar-refractivity contribution in [2.45, 2.75) is 43.7 Å². The van der Waals surface area contributed by atoms with Gasteiger partial charge in [0, 0.05) is 32.1 Å². The van der Waals surface area contributed by atoms with Crippen LogP contribution in [0.2, 0.25) is 0 Å². The summed E-state index contributed by atoms with van der Waals surface area (Å²) in [5, 5.41) is 0. The van der Waals surface area contributed by atoms with Crippen LogP contribution in [0.15, 0.2) is 17.2 Å². The number of rotatable bonds is 2. The van der Waals surface area contributed by atoms with Crippen molar-refractivity contribution in [3.8, 4) is 0 Å². The zero-order chi connectivity index (χ0) is 17.8. The number of ketones is 1. The molecule has 0 aromatic carbocycles. The highest BCUT2D eigenvalue weighted by Gasteiger charge is 2.47. The second-order valence-electron chi connectivity index (χ2n) is 6.63. The summed E-state index contributed by atoms with van der Waals surface area (Å²) in [7, 11) is -3.88. The molecule has 1 aromatic rings. The van der Waals surface area contributed by atoms with Gasteiger partial charge in [-0.3, -0.25) is 9.78 Å². The van der Waals surface area contributed by atoms with E-state index in [1.807, 2.05) is 0 Å². The molecule has 132 valence electrons. The molecule has 0 atom stereocenters. The van der Waals surface area contributed by atoms with Crippen molar-refractivity contribution >= 4 is 15.8 Å². The highest BCUT2D eigenvalue weighted by molar-refractivity contribution is 7.89. The summed E-state index contributed by atoms with van der Waals surface area (Å²) in [5.41, 5.74) is -1.16. The van der Waals surface area contributed by atoms with Gasteiger partial charge in [0.2, 0.25) is 10.0 Å². The lowest BCUT2D eigenvalue weighted by molar-refractivity contribution is -0.141. The molecule has 0 N–H and O–H groups in total. The van der Waals surface area contributed by atoms with Crippen LogP contribution in [0.1, 0.15) is 36.9 Å². The molecule has 5 nitrogen and oxygen atoms in total. The molecule has 1 aliphatic heterocycles. The molecule has 2 aliphatic rings. The van der Waals surface area contributed by atoms with E-state index in [2.05, 4.69) is 4.98 Å². The predicted octanol–water partition coefficient (Wildman–Crippen LogP) is 2.54. The van der Waals surface area contributed by atoms with Gasteiger partial charge in [-0.05, 0) is 36.8 Å². The first-order valence-corrected chi connectivity index (χ1v) is 9.03. The Kier molecular flexibility index (Phi) is 3.99. The van der Waals surface area contributed by atoms with Crippen molar-refractivity contribution in [3.05, 3.63) is 23.5 Å². The molecule has 1 saturated heterocycles. The van der Waals surface area contributed by atoms with Crippen LogP contribution in [0, 0.1) is 12.3 Å². The predicted molar refractivity (Wildman–Crippen MR) is 78.6 cm³/mol. The van der Waals surface area contributed by atoms with E-state index in [1.54, 1.807) is 0 Å². The highest BCUT2D eigenvalue weighted by Crippen LogP contribution is 2.47. The monoisotopic (exact) mass is 362 g/mol. The molecule has 1 aliphatic carbocycles. The second kappa shape index (κ2) is 5.52. The summed E-state index contributed by atoms with van der Waals surface area (Å²) in [6, 6.07) is 0.753. The van der Waals surface area contributed by atoms with Gasteiger partial charge in [0.25, 0.3) is 0 Å². The van der Waals surface area contributed by atoms with Crippen LogP contribution in [0.5, 0.6) is 0 Å². The Hall–Kier alpha value is -1.48. The molecule has 0 amide bonds. The molecule has 0 bridgehead atoms. The van der Waals surface area contributed by atoms with Crippen LogP contribution >= 0.6 is 0 Å². The molecule has 9 heteroatoms.